The summed E-state index contributed by atoms with van der Waals surface area (Å²) in [6.45, 7) is 0.0900. The third kappa shape index (κ3) is 3.40. The lowest BCUT2D eigenvalue weighted by atomic mass is 9.83. The largest absolute Gasteiger partial charge is 0.497 e. The van der Waals surface area contributed by atoms with E-state index in [0.29, 0.717) is 5.25 Å². The minimum absolute atomic E-state index is 0.0900. The van der Waals surface area contributed by atoms with Gasteiger partial charge < -0.3 is 15.6 Å². The van der Waals surface area contributed by atoms with Gasteiger partial charge in [0.25, 0.3) is 0 Å². The van der Waals surface area contributed by atoms with Crippen LogP contribution in [0.5, 0.6) is 5.75 Å². The number of nitrogens with two attached hydrogens (primary N) is 1. The Labute approximate surface area is 113 Å². The molecule has 2 atom stereocenters. The Kier molecular flexibility index (Phi) is 4.54. The lowest BCUT2D eigenvalue weighted by Gasteiger charge is -2.36. The van der Waals surface area contributed by atoms with Crippen LogP contribution in [0.15, 0.2) is 29.2 Å². The minimum Gasteiger partial charge on any atom is -0.497 e. The summed E-state index contributed by atoms with van der Waals surface area (Å²) in [5, 5.41) is 9.86. The number of rotatable bonds is 4. The highest BCUT2D eigenvalue weighted by atomic mass is 32.2. The molecule has 1 saturated carbocycles. The van der Waals surface area contributed by atoms with Crippen LogP contribution in [-0.4, -0.2) is 29.6 Å². The molecule has 0 heterocycles. The standard InChI is InChI=1S/C14H21NO2S/c1-17-11-4-6-12(7-5-11)18-13-3-2-8-14(15,9-13)10-16/h4-7,13,16H,2-3,8-10,15H2,1H3. The maximum atomic E-state index is 9.35. The maximum absolute atomic E-state index is 9.35. The van der Waals surface area contributed by atoms with E-state index in [-0.39, 0.29) is 12.1 Å². The number of thioether (sulfide) groups is 1. The van der Waals surface area contributed by atoms with Crippen molar-refractivity contribution in [3.8, 4) is 5.75 Å². The van der Waals surface area contributed by atoms with Crippen LogP contribution in [0.1, 0.15) is 25.7 Å². The molecule has 0 spiro atoms. The lowest BCUT2D eigenvalue weighted by molar-refractivity contribution is 0.159. The molecule has 0 saturated heterocycles. The van der Waals surface area contributed by atoms with E-state index in [2.05, 4.69) is 12.1 Å². The zero-order valence-corrected chi connectivity index (χ0v) is 11.6. The first-order chi connectivity index (χ1) is 8.65. The first-order valence-electron chi connectivity index (χ1n) is 6.36. The zero-order chi connectivity index (χ0) is 13.0. The predicted octanol–water partition coefficient (Wildman–Crippen LogP) is 2.42. The summed E-state index contributed by atoms with van der Waals surface area (Å²) in [4.78, 5) is 1.24. The molecule has 1 aromatic rings. The molecule has 0 radical (unpaired) electrons. The van der Waals surface area contributed by atoms with Gasteiger partial charge in [-0.3, -0.25) is 0 Å². The van der Waals surface area contributed by atoms with Crippen LogP contribution in [-0.2, 0) is 0 Å². The van der Waals surface area contributed by atoms with E-state index in [0.717, 1.165) is 25.0 Å². The molecule has 100 valence electrons. The molecule has 2 rings (SSSR count). The van der Waals surface area contributed by atoms with Crippen molar-refractivity contribution in [2.24, 2.45) is 5.73 Å². The van der Waals surface area contributed by atoms with Gasteiger partial charge in [-0.25, -0.2) is 0 Å². The highest BCUT2D eigenvalue weighted by Crippen LogP contribution is 2.37. The molecule has 2 unspecified atom stereocenters. The van der Waals surface area contributed by atoms with E-state index < -0.39 is 0 Å². The summed E-state index contributed by atoms with van der Waals surface area (Å²) >= 11 is 1.85. The summed E-state index contributed by atoms with van der Waals surface area (Å²) in [5.74, 6) is 0.881. The normalized spacial score (nSPS) is 28.1. The van der Waals surface area contributed by atoms with Gasteiger partial charge in [0, 0.05) is 15.7 Å². The number of benzene rings is 1. The summed E-state index contributed by atoms with van der Waals surface area (Å²) in [7, 11) is 1.67. The van der Waals surface area contributed by atoms with E-state index in [1.807, 2.05) is 23.9 Å². The molecule has 1 fully saturated rings. The van der Waals surface area contributed by atoms with E-state index >= 15 is 0 Å². The van der Waals surface area contributed by atoms with Crippen LogP contribution in [0, 0.1) is 0 Å². The molecular weight excluding hydrogens is 246 g/mol. The van der Waals surface area contributed by atoms with Crippen molar-refractivity contribution in [2.45, 2.75) is 41.4 Å². The van der Waals surface area contributed by atoms with Gasteiger partial charge in [0.05, 0.1) is 13.7 Å². The van der Waals surface area contributed by atoms with Crippen molar-refractivity contribution in [3.05, 3.63) is 24.3 Å². The summed E-state index contributed by atoms with van der Waals surface area (Å²) < 4.78 is 5.15. The number of aliphatic hydroxyl groups is 1. The zero-order valence-electron chi connectivity index (χ0n) is 10.8. The Balaban J connectivity index is 1.96. The van der Waals surface area contributed by atoms with Gasteiger partial charge in [0.2, 0.25) is 0 Å². The summed E-state index contributed by atoms with van der Waals surface area (Å²) in [6, 6.07) is 8.12. The maximum Gasteiger partial charge on any atom is 0.118 e. The molecule has 18 heavy (non-hydrogen) atoms. The first kappa shape index (κ1) is 13.7. The highest BCUT2D eigenvalue weighted by molar-refractivity contribution is 8.00. The fourth-order valence-electron chi connectivity index (χ4n) is 2.43. The van der Waals surface area contributed by atoms with Crippen molar-refractivity contribution in [1.82, 2.24) is 0 Å². The van der Waals surface area contributed by atoms with Crippen molar-refractivity contribution in [3.63, 3.8) is 0 Å². The van der Waals surface area contributed by atoms with Gasteiger partial charge in [-0.15, -0.1) is 11.8 Å². The van der Waals surface area contributed by atoms with Gasteiger partial charge in [-0.2, -0.15) is 0 Å². The summed E-state index contributed by atoms with van der Waals surface area (Å²) in [6.07, 6.45) is 4.10. The van der Waals surface area contributed by atoms with Gasteiger partial charge in [-0.1, -0.05) is 6.42 Å². The Morgan fingerprint density at radius 3 is 2.78 bits per heavy atom. The van der Waals surface area contributed by atoms with Gasteiger partial charge in [0.15, 0.2) is 0 Å². The predicted molar refractivity (Wildman–Crippen MR) is 75.1 cm³/mol. The number of ether oxygens (including phenoxy) is 1. The van der Waals surface area contributed by atoms with E-state index in [1.165, 1.54) is 11.3 Å². The molecule has 0 bridgehead atoms. The van der Waals surface area contributed by atoms with E-state index in [9.17, 15) is 5.11 Å². The topological polar surface area (TPSA) is 55.5 Å². The van der Waals surface area contributed by atoms with Crippen molar-refractivity contribution in [1.29, 1.82) is 0 Å². The average Bonchev–Trinajstić information content (AvgIpc) is 2.40. The Morgan fingerprint density at radius 2 is 2.17 bits per heavy atom. The molecule has 0 aromatic heterocycles. The van der Waals surface area contributed by atoms with Crippen LogP contribution in [0.2, 0.25) is 0 Å². The van der Waals surface area contributed by atoms with Gasteiger partial charge in [0.1, 0.15) is 5.75 Å². The van der Waals surface area contributed by atoms with Crippen LogP contribution in [0.3, 0.4) is 0 Å². The SMILES string of the molecule is COc1ccc(SC2CCCC(N)(CO)C2)cc1. The minimum atomic E-state index is -0.373. The molecule has 1 aliphatic rings. The molecule has 0 aliphatic heterocycles. The van der Waals surface area contributed by atoms with Gasteiger partial charge >= 0.3 is 0 Å². The third-order valence-corrected chi connectivity index (χ3v) is 4.79. The molecule has 1 aliphatic carbocycles. The third-order valence-electron chi connectivity index (χ3n) is 3.51. The van der Waals surface area contributed by atoms with Crippen LogP contribution in [0.25, 0.3) is 0 Å². The molecule has 1 aromatic carbocycles. The smallest absolute Gasteiger partial charge is 0.118 e. The van der Waals surface area contributed by atoms with E-state index in [1.54, 1.807) is 7.11 Å². The monoisotopic (exact) mass is 267 g/mol. The fourth-order valence-corrected chi connectivity index (χ4v) is 3.81. The van der Waals surface area contributed by atoms with Gasteiger partial charge in [-0.05, 0) is 43.5 Å². The van der Waals surface area contributed by atoms with E-state index in [4.69, 9.17) is 10.5 Å². The summed E-state index contributed by atoms with van der Waals surface area (Å²) in [5.41, 5.74) is 5.79. The first-order valence-corrected chi connectivity index (χ1v) is 7.24. The highest BCUT2D eigenvalue weighted by Gasteiger charge is 2.32. The Bertz CT molecular complexity index is 382. The fraction of sp³-hybridized carbons (Fsp3) is 0.571. The second-order valence-corrected chi connectivity index (χ2v) is 6.41. The Hall–Kier alpha value is -0.710. The molecular formula is C14H21NO2S. The number of hydrogen-bond acceptors (Lipinski definition) is 4. The quantitative estimate of drug-likeness (QED) is 0.879. The molecule has 4 heteroatoms. The Morgan fingerprint density at radius 1 is 1.44 bits per heavy atom. The van der Waals surface area contributed by atoms with Crippen LogP contribution >= 0.6 is 11.8 Å². The van der Waals surface area contributed by atoms with Crippen LogP contribution < -0.4 is 10.5 Å². The second kappa shape index (κ2) is 5.95. The number of aliphatic hydroxyl groups excluding tert-OH is 1. The average molecular weight is 267 g/mol. The number of methoxy groups -OCH3 is 1. The second-order valence-electron chi connectivity index (χ2n) is 5.03. The van der Waals surface area contributed by atoms with Crippen molar-refractivity contribution < 1.29 is 9.84 Å². The van der Waals surface area contributed by atoms with Crippen LogP contribution in [0.4, 0.5) is 0 Å². The lowest BCUT2D eigenvalue weighted by Crippen LogP contribution is -2.48. The van der Waals surface area contributed by atoms with Crippen molar-refractivity contribution in [2.75, 3.05) is 13.7 Å². The molecule has 3 N–H and O–H groups in total. The number of hydrogen-bond donors (Lipinski definition) is 2. The molecule has 3 nitrogen and oxygen atoms in total. The molecule has 0 amide bonds. The van der Waals surface area contributed by atoms with Crippen molar-refractivity contribution >= 4 is 11.8 Å².